The summed E-state index contributed by atoms with van der Waals surface area (Å²) in [5, 5.41) is 0. The highest BCUT2D eigenvalue weighted by Crippen LogP contribution is 2.42. The maximum Gasteiger partial charge on any atom is 0.410 e. The van der Waals surface area contributed by atoms with Crippen LogP contribution < -0.4 is 0 Å². The van der Waals surface area contributed by atoms with E-state index >= 15 is 0 Å². The van der Waals surface area contributed by atoms with Crippen LogP contribution in [0.25, 0.3) is 0 Å². The number of carbonyl (C=O) groups excluding carboxylic acids is 1. The van der Waals surface area contributed by atoms with Crippen molar-refractivity contribution >= 4 is 6.09 Å². The number of benzene rings is 1. The van der Waals surface area contributed by atoms with Gasteiger partial charge >= 0.3 is 6.09 Å². The van der Waals surface area contributed by atoms with E-state index in [1.807, 2.05) is 43.9 Å². The Hall–Kier alpha value is -1.55. The molecule has 1 heterocycles. The molecule has 0 bridgehead atoms. The molecule has 1 aromatic rings. The third kappa shape index (κ3) is 3.61. The molecule has 3 rings (SSSR count). The van der Waals surface area contributed by atoms with Crippen LogP contribution >= 0.6 is 0 Å². The molecule has 3 atom stereocenters. The van der Waals surface area contributed by atoms with E-state index in [4.69, 9.17) is 9.47 Å². The Bertz CT molecular complexity index is 523. The molecule has 1 amide bonds. The molecule has 0 N–H and O–H groups in total. The number of hydrogen-bond acceptors (Lipinski definition) is 3. The van der Waals surface area contributed by atoms with Crippen molar-refractivity contribution in [3.05, 3.63) is 35.9 Å². The number of hydrogen-bond donors (Lipinski definition) is 0. The normalized spacial score (nSPS) is 27.2. The third-order valence-electron chi connectivity index (χ3n) is 4.29. The summed E-state index contributed by atoms with van der Waals surface area (Å²) in [5.41, 5.74) is 0.774. The van der Waals surface area contributed by atoms with Crippen molar-refractivity contribution in [2.45, 2.75) is 70.4 Å². The summed E-state index contributed by atoms with van der Waals surface area (Å²) in [6.07, 6.45) is 3.04. The molecular weight excluding hydrogens is 278 g/mol. The maximum absolute atomic E-state index is 12.1. The van der Waals surface area contributed by atoms with Gasteiger partial charge in [0.05, 0.1) is 24.8 Å². The molecule has 0 aromatic heterocycles. The minimum Gasteiger partial charge on any atom is -0.444 e. The Morgan fingerprint density at radius 2 is 1.91 bits per heavy atom. The lowest BCUT2D eigenvalue weighted by molar-refractivity contribution is 0.0209. The fourth-order valence-electron chi connectivity index (χ4n) is 3.21. The summed E-state index contributed by atoms with van der Waals surface area (Å²) in [4.78, 5) is 14.0. The highest BCUT2D eigenvalue weighted by Gasteiger charge is 2.55. The van der Waals surface area contributed by atoms with Crippen LogP contribution in [0.4, 0.5) is 4.79 Å². The predicted octanol–water partition coefficient (Wildman–Crippen LogP) is 3.74. The smallest absolute Gasteiger partial charge is 0.410 e. The zero-order valence-electron chi connectivity index (χ0n) is 13.6. The van der Waals surface area contributed by atoms with E-state index in [2.05, 4.69) is 12.1 Å². The lowest BCUT2D eigenvalue weighted by atomic mass is 9.98. The Labute approximate surface area is 132 Å². The van der Waals surface area contributed by atoms with Crippen LogP contribution in [0.2, 0.25) is 0 Å². The van der Waals surface area contributed by atoms with Gasteiger partial charge in [-0.25, -0.2) is 4.79 Å². The second-order valence-electron chi connectivity index (χ2n) is 7.25. The van der Waals surface area contributed by atoms with Gasteiger partial charge in [0.15, 0.2) is 0 Å². The van der Waals surface area contributed by atoms with Crippen molar-refractivity contribution in [1.29, 1.82) is 0 Å². The van der Waals surface area contributed by atoms with E-state index in [0.29, 0.717) is 18.7 Å². The first-order valence-corrected chi connectivity index (χ1v) is 8.11. The van der Waals surface area contributed by atoms with E-state index in [0.717, 1.165) is 19.3 Å². The quantitative estimate of drug-likeness (QED) is 0.798. The molecule has 22 heavy (non-hydrogen) atoms. The SMILES string of the molecule is CC(C)(C)OC(=O)N1[C@@H]2CC[C@@H](OCc3ccccc3)C[C@@H]21. The van der Waals surface area contributed by atoms with Crippen LogP contribution in [0.3, 0.4) is 0 Å². The van der Waals surface area contributed by atoms with E-state index < -0.39 is 5.60 Å². The van der Waals surface area contributed by atoms with Crippen molar-refractivity contribution in [3.63, 3.8) is 0 Å². The average Bonchev–Trinajstić information content (AvgIpc) is 3.18. The highest BCUT2D eigenvalue weighted by molar-refractivity contribution is 5.72. The van der Waals surface area contributed by atoms with Gasteiger partial charge in [0, 0.05) is 0 Å². The van der Waals surface area contributed by atoms with Crippen LogP contribution in [0, 0.1) is 0 Å². The number of likely N-dealkylation sites (tertiary alicyclic amines) is 1. The van der Waals surface area contributed by atoms with E-state index in [-0.39, 0.29) is 12.2 Å². The summed E-state index contributed by atoms with van der Waals surface area (Å²) in [6.45, 7) is 6.37. The molecule has 1 saturated heterocycles. The molecule has 1 aliphatic heterocycles. The fourth-order valence-corrected chi connectivity index (χ4v) is 3.21. The zero-order valence-corrected chi connectivity index (χ0v) is 13.6. The number of carbonyl (C=O) groups is 1. The van der Waals surface area contributed by atoms with Crippen molar-refractivity contribution in [2.75, 3.05) is 0 Å². The minimum atomic E-state index is -0.425. The van der Waals surface area contributed by atoms with E-state index in [9.17, 15) is 4.79 Å². The third-order valence-corrected chi connectivity index (χ3v) is 4.29. The summed E-state index contributed by atoms with van der Waals surface area (Å²) in [7, 11) is 0. The molecule has 0 spiro atoms. The highest BCUT2D eigenvalue weighted by atomic mass is 16.6. The standard InChI is InChI=1S/C18H25NO3/c1-18(2,3)22-17(20)19-15-10-9-14(11-16(15)19)21-12-13-7-5-4-6-8-13/h4-8,14-16H,9-12H2,1-3H3/t14-,15-,16+,19?/m1/s1. The molecule has 2 aliphatic rings. The van der Waals surface area contributed by atoms with E-state index in [1.54, 1.807) is 0 Å². The molecular formula is C18H25NO3. The Balaban J connectivity index is 1.47. The maximum atomic E-state index is 12.1. The molecule has 1 aromatic carbocycles. The second-order valence-corrected chi connectivity index (χ2v) is 7.25. The molecule has 0 unspecified atom stereocenters. The topological polar surface area (TPSA) is 38.5 Å². The zero-order chi connectivity index (χ0) is 15.7. The molecule has 1 saturated carbocycles. The van der Waals surface area contributed by atoms with Gasteiger partial charge in [0.2, 0.25) is 0 Å². The Morgan fingerprint density at radius 3 is 2.59 bits per heavy atom. The Kier molecular flexibility index (Phi) is 4.13. The van der Waals surface area contributed by atoms with Gasteiger partial charge in [0.25, 0.3) is 0 Å². The molecule has 1 aliphatic carbocycles. The molecule has 2 fully saturated rings. The lowest BCUT2D eigenvalue weighted by Crippen LogP contribution is -2.28. The Morgan fingerprint density at radius 1 is 1.18 bits per heavy atom. The van der Waals surface area contributed by atoms with Crippen LogP contribution in [0.1, 0.15) is 45.6 Å². The van der Waals surface area contributed by atoms with Crippen molar-refractivity contribution in [2.24, 2.45) is 0 Å². The first-order valence-electron chi connectivity index (χ1n) is 8.11. The number of rotatable bonds is 3. The van der Waals surface area contributed by atoms with Gasteiger partial charge in [0.1, 0.15) is 5.60 Å². The summed E-state index contributed by atoms with van der Waals surface area (Å²) in [5.74, 6) is 0. The number of ether oxygens (including phenoxy) is 2. The average molecular weight is 303 g/mol. The largest absolute Gasteiger partial charge is 0.444 e. The summed E-state index contributed by atoms with van der Waals surface area (Å²) < 4.78 is 11.5. The predicted molar refractivity (Wildman–Crippen MR) is 84.5 cm³/mol. The van der Waals surface area contributed by atoms with Gasteiger partial charge in [-0.1, -0.05) is 30.3 Å². The lowest BCUT2D eigenvalue weighted by Gasteiger charge is -2.20. The minimum absolute atomic E-state index is 0.175. The first kappa shape index (κ1) is 15.3. The van der Waals surface area contributed by atoms with Crippen LogP contribution in [-0.2, 0) is 16.1 Å². The van der Waals surface area contributed by atoms with Gasteiger partial charge in [-0.3, -0.25) is 4.90 Å². The van der Waals surface area contributed by atoms with Gasteiger partial charge < -0.3 is 9.47 Å². The van der Waals surface area contributed by atoms with Gasteiger partial charge in [-0.2, -0.15) is 0 Å². The van der Waals surface area contributed by atoms with Crippen molar-refractivity contribution in [1.82, 2.24) is 4.90 Å². The van der Waals surface area contributed by atoms with Crippen molar-refractivity contribution in [3.8, 4) is 0 Å². The molecule has 120 valence electrons. The summed E-state index contributed by atoms with van der Waals surface area (Å²) >= 11 is 0. The van der Waals surface area contributed by atoms with Crippen molar-refractivity contribution < 1.29 is 14.3 Å². The van der Waals surface area contributed by atoms with Gasteiger partial charge in [-0.05, 0) is 45.6 Å². The number of nitrogens with zero attached hydrogens (tertiary/aromatic N) is 1. The summed E-state index contributed by atoms with van der Waals surface area (Å²) in [6, 6.07) is 10.9. The van der Waals surface area contributed by atoms with Crippen LogP contribution in [0.15, 0.2) is 30.3 Å². The van der Waals surface area contributed by atoms with E-state index in [1.165, 1.54) is 5.56 Å². The molecule has 0 radical (unpaired) electrons. The van der Waals surface area contributed by atoms with Crippen LogP contribution in [-0.4, -0.2) is 34.8 Å². The van der Waals surface area contributed by atoms with Gasteiger partial charge in [-0.15, -0.1) is 0 Å². The molecule has 4 nitrogen and oxygen atoms in total. The monoisotopic (exact) mass is 303 g/mol. The van der Waals surface area contributed by atoms with Crippen LogP contribution in [0.5, 0.6) is 0 Å². The molecule has 4 heteroatoms. The number of fused-ring (bicyclic) bond motifs is 1. The number of amides is 1. The fraction of sp³-hybridized carbons (Fsp3) is 0.611. The first-order chi connectivity index (χ1) is 10.4. The second kappa shape index (κ2) is 5.92.